The van der Waals surface area contributed by atoms with E-state index in [0.717, 1.165) is 56.8 Å². The molecule has 1 aliphatic rings. The molecule has 0 aliphatic carbocycles. The minimum atomic E-state index is -0.236. The van der Waals surface area contributed by atoms with Crippen LogP contribution in [0.5, 0.6) is 0 Å². The van der Waals surface area contributed by atoms with Crippen LogP contribution in [0.1, 0.15) is 31.2 Å². The molecule has 2 rings (SSSR count). The quantitative estimate of drug-likeness (QED) is 0.296. The van der Waals surface area contributed by atoms with Crippen LogP contribution < -0.4 is 11.1 Å². The zero-order chi connectivity index (χ0) is 17.4. The summed E-state index contributed by atoms with van der Waals surface area (Å²) in [5, 5.41) is 3.36. The fraction of sp³-hybridized carbons (Fsp3) is 0.556. The highest BCUT2D eigenvalue weighted by Gasteiger charge is 2.23. The molecule has 1 aromatic carbocycles. The summed E-state index contributed by atoms with van der Waals surface area (Å²) in [6.07, 6.45) is 4.25. The first-order valence-electron chi connectivity index (χ1n) is 8.57. The van der Waals surface area contributed by atoms with Crippen LogP contribution in [-0.2, 0) is 11.2 Å². The van der Waals surface area contributed by atoms with E-state index >= 15 is 0 Å². The molecule has 1 aliphatic heterocycles. The Labute approximate surface area is 166 Å². The lowest BCUT2D eigenvalue weighted by atomic mass is 9.95. The van der Waals surface area contributed by atoms with Gasteiger partial charge in [-0.1, -0.05) is 12.1 Å². The molecule has 1 heterocycles. The van der Waals surface area contributed by atoms with Crippen molar-refractivity contribution >= 4 is 35.8 Å². The third-order valence-electron chi connectivity index (χ3n) is 4.33. The first kappa shape index (κ1) is 21.7. The highest BCUT2D eigenvalue weighted by molar-refractivity contribution is 14.0. The van der Waals surface area contributed by atoms with Gasteiger partial charge < -0.3 is 16.0 Å². The molecule has 1 atom stereocenters. The molecule has 0 spiro atoms. The van der Waals surface area contributed by atoms with E-state index in [0.29, 0.717) is 12.3 Å². The van der Waals surface area contributed by atoms with Gasteiger partial charge in [0.15, 0.2) is 5.96 Å². The van der Waals surface area contributed by atoms with Gasteiger partial charge in [-0.15, -0.1) is 24.0 Å². The van der Waals surface area contributed by atoms with Crippen molar-refractivity contribution in [2.24, 2.45) is 16.6 Å². The number of piperidine rings is 1. The molecule has 7 heteroatoms. The van der Waals surface area contributed by atoms with Gasteiger partial charge >= 0.3 is 0 Å². The Bertz CT molecular complexity index is 582. The van der Waals surface area contributed by atoms with Crippen molar-refractivity contribution < 1.29 is 9.18 Å². The van der Waals surface area contributed by atoms with Crippen LogP contribution in [0.2, 0.25) is 0 Å². The number of benzene rings is 1. The second-order valence-electron chi connectivity index (χ2n) is 6.33. The van der Waals surface area contributed by atoms with E-state index in [1.165, 1.54) is 6.07 Å². The van der Waals surface area contributed by atoms with E-state index in [-0.39, 0.29) is 35.7 Å². The Kier molecular flexibility index (Phi) is 9.77. The van der Waals surface area contributed by atoms with Gasteiger partial charge in [0.1, 0.15) is 5.82 Å². The summed E-state index contributed by atoms with van der Waals surface area (Å²) in [7, 11) is 1.77. The standard InChI is InChI=1S/C18H27FN4O.HI/c1-21-18(23-10-4-7-15(13-23)12-17(20)24)22-9-3-6-14-5-2-8-16(19)11-14;/h2,5,8,11,15H,3-4,6-7,9-10,12-13H2,1H3,(H2,20,24)(H,21,22);1H. The molecule has 5 nitrogen and oxygen atoms in total. The van der Waals surface area contributed by atoms with Gasteiger partial charge in [-0.2, -0.15) is 0 Å². The number of aryl methyl sites for hydroxylation is 1. The van der Waals surface area contributed by atoms with Crippen LogP contribution in [0.3, 0.4) is 0 Å². The first-order chi connectivity index (χ1) is 11.6. The predicted octanol–water partition coefficient (Wildman–Crippen LogP) is 2.54. The van der Waals surface area contributed by atoms with Gasteiger partial charge in [0.05, 0.1) is 0 Å². The van der Waals surface area contributed by atoms with Crippen molar-refractivity contribution in [2.45, 2.75) is 32.1 Å². The highest BCUT2D eigenvalue weighted by atomic mass is 127. The summed E-state index contributed by atoms with van der Waals surface area (Å²) < 4.78 is 13.2. The number of rotatable bonds is 6. The average molecular weight is 462 g/mol. The third kappa shape index (κ3) is 7.58. The zero-order valence-electron chi connectivity index (χ0n) is 14.7. The maximum atomic E-state index is 13.2. The molecule has 1 aromatic rings. The van der Waals surface area contributed by atoms with Gasteiger partial charge in [-0.05, 0) is 49.3 Å². The molecule has 1 fully saturated rings. The molecule has 3 N–H and O–H groups in total. The molecule has 0 radical (unpaired) electrons. The number of amides is 1. The van der Waals surface area contributed by atoms with Crippen LogP contribution in [0.15, 0.2) is 29.3 Å². The van der Waals surface area contributed by atoms with Gasteiger partial charge in [-0.25, -0.2) is 4.39 Å². The number of primary amides is 1. The number of guanidine groups is 1. The summed E-state index contributed by atoms with van der Waals surface area (Å²) in [4.78, 5) is 17.6. The molecule has 1 unspecified atom stereocenters. The third-order valence-corrected chi connectivity index (χ3v) is 4.33. The molecule has 0 saturated carbocycles. The lowest BCUT2D eigenvalue weighted by Crippen LogP contribution is -2.47. The molecule has 25 heavy (non-hydrogen) atoms. The largest absolute Gasteiger partial charge is 0.370 e. The molecule has 0 bridgehead atoms. The molecular weight excluding hydrogens is 434 g/mol. The van der Waals surface area contributed by atoms with Crippen molar-refractivity contribution in [3.8, 4) is 0 Å². The Morgan fingerprint density at radius 1 is 1.48 bits per heavy atom. The highest BCUT2D eigenvalue weighted by Crippen LogP contribution is 2.19. The summed E-state index contributed by atoms with van der Waals surface area (Å²) in [5.41, 5.74) is 6.32. The molecular formula is C18H28FIN4O. The van der Waals surface area contributed by atoms with Crippen molar-refractivity contribution in [1.29, 1.82) is 0 Å². The molecule has 1 amide bonds. The number of nitrogens with zero attached hydrogens (tertiary/aromatic N) is 2. The minimum absolute atomic E-state index is 0. The van der Waals surface area contributed by atoms with E-state index in [9.17, 15) is 9.18 Å². The van der Waals surface area contributed by atoms with E-state index in [4.69, 9.17) is 5.73 Å². The van der Waals surface area contributed by atoms with Crippen molar-refractivity contribution in [3.05, 3.63) is 35.6 Å². The molecule has 140 valence electrons. The average Bonchev–Trinajstić information content (AvgIpc) is 2.54. The Morgan fingerprint density at radius 3 is 2.96 bits per heavy atom. The summed E-state index contributed by atoms with van der Waals surface area (Å²) >= 11 is 0. The number of likely N-dealkylation sites (tertiary alicyclic amines) is 1. The van der Waals surface area contributed by atoms with Crippen LogP contribution >= 0.6 is 24.0 Å². The summed E-state index contributed by atoms with van der Waals surface area (Å²) in [6.45, 7) is 2.53. The number of carbonyl (C=O) groups is 1. The Morgan fingerprint density at radius 2 is 2.28 bits per heavy atom. The Hall–Kier alpha value is -1.38. The van der Waals surface area contributed by atoms with Crippen LogP contribution in [-0.4, -0.2) is 43.4 Å². The van der Waals surface area contributed by atoms with E-state index in [2.05, 4.69) is 15.2 Å². The SMILES string of the molecule is CN=C(NCCCc1cccc(F)c1)N1CCCC(CC(N)=O)C1.I. The van der Waals surface area contributed by atoms with Gasteiger partial charge in [0.2, 0.25) is 5.91 Å². The summed E-state index contributed by atoms with van der Waals surface area (Å²) in [6, 6.07) is 6.72. The lowest BCUT2D eigenvalue weighted by Gasteiger charge is -2.34. The second-order valence-corrected chi connectivity index (χ2v) is 6.33. The number of hydrogen-bond acceptors (Lipinski definition) is 2. The normalized spacial score (nSPS) is 17.8. The second kappa shape index (κ2) is 11.3. The van der Waals surface area contributed by atoms with E-state index in [1.807, 2.05) is 6.07 Å². The number of nitrogens with one attached hydrogen (secondary N) is 1. The monoisotopic (exact) mass is 462 g/mol. The summed E-state index contributed by atoms with van der Waals surface area (Å²) in [5.74, 6) is 0.746. The smallest absolute Gasteiger partial charge is 0.217 e. The fourth-order valence-electron chi connectivity index (χ4n) is 3.23. The molecule has 1 saturated heterocycles. The van der Waals surface area contributed by atoms with Crippen molar-refractivity contribution in [1.82, 2.24) is 10.2 Å². The van der Waals surface area contributed by atoms with Crippen LogP contribution in [0.25, 0.3) is 0 Å². The minimum Gasteiger partial charge on any atom is -0.370 e. The number of hydrogen-bond donors (Lipinski definition) is 2. The van der Waals surface area contributed by atoms with Crippen LogP contribution in [0.4, 0.5) is 4.39 Å². The van der Waals surface area contributed by atoms with Crippen molar-refractivity contribution in [3.63, 3.8) is 0 Å². The molecule has 0 aromatic heterocycles. The first-order valence-corrected chi connectivity index (χ1v) is 8.57. The topological polar surface area (TPSA) is 70.7 Å². The van der Waals surface area contributed by atoms with Gasteiger partial charge in [-0.3, -0.25) is 9.79 Å². The van der Waals surface area contributed by atoms with Crippen LogP contribution in [0, 0.1) is 11.7 Å². The Balaban J connectivity index is 0.00000312. The number of carbonyl (C=O) groups excluding carboxylic acids is 1. The van der Waals surface area contributed by atoms with E-state index < -0.39 is 0 Å². The number of nitrogens with two attached hydrogens (primary N) is 1. The lowest BCUT2D eigenvalue weighted by molar-refractivity contribution is -0.119. The fourth-order valence-corrected chi connectivity index (χ4v) is 3.23. The van der Waals surface area contributed by atoms with Gasteiger partial charge in [0.25, 0.3) is 0 Å². The number of halogens is 2. The maximum absolute atomic E-state index is 13.2. The number of aliphatic imine (C=N–C) groups is 1. The predicted molar refractivity (Wildman–Crippen MR) is 110 cm³/mol. The van der Waals surface area contributed by atoms with E-state index in [1.54, 1.807) is 19.2 Å². The zero-order valence-corrected chi connectivity index (χ0v) is 17.0. The maximum Gasteiger partial charge on any atom is 0.217 e. The van der Waals surface area contributed by atoms with Gasteiger partial charge in [0, 0.05) is 33.1 Å². The van der Waals surface area contributed by atoms with Crippen molar-refractivity contribution in [2.75, 3.05) is 26.7 Å².